The number of para-hydroxylation sites is 1. The molecule has 0 atom stereocenters. The first-order chi connectivity index (χ1) is 10.4. The van der Waals surface area contributed by atoms with Gasteiger partial charge in [-0.1, -0.05) is 35.9 Å². The van der Waals surface area contributed by atoms with E-state index in [9.17, 15) is 13.2 Å². The molecule has 2 aromatic rings. The number of halogens is 2. The summed E-state index contributed by atoms with van der Waals surface area (Å²) in [7, 11) is -2.70. The Bertz CT molecular complexity index is 794. The van der Waals surface area contributed by atoms with Crippen LogP contribution in [-0.4, -0.2) is 21.4 Å². The highest BCUT2D eigenvalue weighted by Gasteiger charge is 2.30. The molecule has 2 rings (SSSR count). The fourth-order valence-corrected chi connectivity index (χ4v) is 3.85. The lowest BCUT2D eigenvalue weighted by Gasteiger charge is -2.21. The van der Waals surface area contributed by atoms with Gasteiger partial charge in [-0.2, -0.15) is 0 Å². The molecule has 0 fully saturated rings. The molecule has 0 spiro atoms. The number of nitrogens with zero attached hydrogens (tertiary/aromatic N) is 1. The van der Waals surface area contributed by atoms with Crippen LogP contribution < -0.4 is 4.31 Å². The van der Waals surface area contributed by atoms with Crippen LogP contribution in [0.2, 0.25) is 5.02 Å². The van der Waals surface area contributed by atoms with Crippen molar-refractivity contribution in [2.75, 3.05) is 11.4 Å². The maximum atomic E-state index is 12.8. The first-order valence-electron chi connectivity index (χ1n) is 6.05. The maximum Gasteiger partial charge on any atom is 0.357 e. The van der Waals surface area contributed by atoms with Crippen molar-refractivity contribution in [1.82, 2.24) is 0 Å². The molecule has 5 nitrogen and oxygen atoms in total. The predicted octanol–water partition coefficient (Wildman–Crippen LogP) is 3.48. The minimum Gasteiger partial charge on any atom is -0.343 e. The number of sulfonamides is 1. The van der Waals surface area contributed by atoms with Crippen LogP contribution in [0.25, 0.3) is 0 Å². The molecule has 0 radical (unpaired) electrons. The van der Waals surface area contributed by atoms with E-state index < -0.39 is 16.0 Å². The minimum absolute atomic E-state index is 0.0950. The summed E-state index contributed by atoms with van der Waals surface area (Å²) in [6.07, 6.45) is 0. The quantitative estimate of drug-likeness (QED) is 0.838. The molecule has 0 aromatic heterocycles. The van der Waals surface area contributed by atoms with Crippen molar-refractivity contribution in [3.63, 3.8) is 0 Å². The van der Waals surface area contributed by atoms with Crippen LogP contribution in [0.4, 0.5) is 5.69 Å². The SMILES string of the molecule is CN(c1ccccc1)S(=O)(=O)c1c(Cl)cccc1C(=O)OCl. The summed E-state index contributed by atoms with van der Waals surface area (Å²) < 4.78 is 30.7. The molecule has 0 N–H and O–H groups in total. The minimum atomic E-state index is -4.07. The highest BCUT2D eigenvalue weighted by Crippen LogP contribution is 2.30. The van der Waals surface area contributed by atoms with Gasteiger partial charge in [0.15, 0.2) is 0 Å². The number of rotatable bonds is 4. The molecular weight excluding hydrogens is 349 g/mol. The van der Waals surface area contributed by atoms with E-state index in [1.807, 2.05) is 0 Å². The Kier molecular flexibility index (Phi) is 4.95. The van der Waals surface area contributed by atoms with Crippen molar-refractivity contribution in [3.05, 3.63) is 59.1 Å². The van der Waals surface area contributed by atoms with Crippen LogP contribution in [0.3, 0.4) is 0 Å². The lowest BCUT2D eigenvalue weighted by atomic mass is 10.2. The zero-order valence-corrected chi connectivity index (χ0v) is 13.7. The van der Waals surface area contributed by atoms with Gasteiger partial charge in [-0.3, -0.25) is 4.31 Å². The molecule has 0 heterocycles. The van der Waals surface area contributed by atoms with Crippen molar-refractivity contribution in [2.45, 2.75) is 4.90 Å². The summed E-state index contributed by atoms with van der Waals surface area (Å²) in [4.78, 5) is 11.3. The Morgan fingerprint density at radius 2 is 1.73 bits per heavy atom. The largest absolute Gasteiger partial charge is 0.357 e. The van der Waals surface area contributed by atoms with E-state index in [1.54, 1.807) is 30.3 Å². The molecule has 116 valence electrons. The Balaban J connectivity index is 2.62. The number of hydrogen-bond acceptors (Lipinski definition) is 4. The number of anilines is 1. The van der Waals surface area contributed by atoms with E-state index >= 15 is 0 Å². The van der Waals surface area contributed by atoms with Gasteiger partial charge in [0, 0.05) is 7.05 Å². The molecular formula is C14H11Cl2NO4S. The van der Waals surface area contributed by atoms with Gasteiger partial charge in [0.2, 0.25) is 0 Å². The molecule has 0 aliphatic heterocycles. The predicted molar refractivity (Wildman–Crippen MR) is 84.8 cm³/mol. The third-order valence-electron chi connectivity index (χ3n) is 3.00. The molecule has 0 saturated carbocycles. The number of carbonyl (C=O) groups excluding carboxylic acids is 1. The van der Waals surface area contributed by atoms with Crippen molar-refractivity contribution in [3.8, 4) is 0 Å². The van der Waals surface area contributed by atoms with E-state index in [0.717, 1.165) is 4.31 Å². The summed E-state index contributed by atoms with van der Waals surface area (Å²) in [5.41, 5.74) is 0.192. The Labute approximate surface area is 138 Å². The highest BCUT2D eigenvalue weighted by molar-refractivity contribution is 7.93. The topological polar surface area (TPSA) is 63.7 Å². The first kappa shape index (κ1) is 16.6. The zero-order chi connectivity index (χ0) is 16.3. The van der Waals surface area contributed by atoms with E-state index in [-0.39, 0.29) is 15.5 Å². The number of carbonyl (C=O) groups is 1. The van der Waals surface area contributed by atoms with Crippen molar-refractivity contribution in [1.29, 1.82) is 0 Å². The van der Waals surface area contributed by atoms with Gasteiger partial charge in [-0.15, -0.1) is 0 Å². The second kappa shape index (κ2) is 6.56. The monoisotopic (exact) mass is 359 g/mol. The van der Waals surface area contributed by atoms with Gasteiger partial charge in [0.25, 0.3) is 10.0 Å². The van der Waals surface area contributed by atoms with E-state index in [0.29, 0.717) is 5.69 Å². The standard InChI is InChI=1S/C14H11Cl2NO4S/c1-17(10-6-3-2-4-7-10)22(19,20)13-11(14(18)21-16)8-5-9-12(13)15/h2-9H,1H3. The fourth-order valence-electron chi connectivity index (χ4n) is 1.89. The van der Waals surface area contributed by atoms with E-state index in [1.165, 1.54) is 25.2 Å². The van der Waals surface area contributed by atoms with Crippen LogP contribution in [0.15, 0.2) is 53.4 Å². The van der Waals surface area contributed by atoms with Crippen molar-refractivity contribution >= 4 is 45.1 Å². The average Bonchev–Trinajstić information content (AvgIpc) is 2.53. The van der Waals surface area contributed by atoms with Crippen LogP contribution >= 0.6 is 23.5 Å². The molecule has 0 aliphatic rings. The molecule has 0 amide bonds. The normalized spacial score (nSPS) is 11.0. The Hall–Kier alpha value is -1.76. The van der Waals surface area contributed by atoms with Gasteiger partial charge >= 0.3 is 5.97 Å². The van der Waals surface area contributed by atoms with Gasteiger partial charge in [0.05, 0.1) is 16.3 Å². The summed E-state index contributed by atoms with van der Waals surface area (Å²) >= 11 is 11.0. The van der Waals surface area contributed by atoms with Crippen molar-refractivity contribution in [2.24, 2.45) is 0 Å². The van der Waals surface area contributed by atoms with E-state index in [2.05, 4.69) is 4.29 Å². The van der Waals surface area contributed by atoms with Gasteiger partial charge in [-0.25, -0.2) is 13.2 Å². The average molecular weight is 360 g/mol. The third kappa shape index (κ3) is 3.04. The molecule has 0 bridgehead atoms. The first-order valence-corrected chi connectivity index (χ1v) is 8.17. The Morgan fingerprint density at radius 1 is 1.09 bits per heavy atom. The molecule has 8 heteroatoms. The van der Waals surface area contributed by atoms with E-state index in [4.69, 9.17) is 23.5 Å². The van der Waals surface area contributed by atoms with Crippen molar-refractivity contribution < 1.29 is 17.5 Å². The summed E-state index contributed by atoms with van der Waals surface area (Å²) in [5, 5.41) is -0.0950. The van der Waals surface area contributed by atoms with Crippen LogP contribution in [0.5, 0.6) is 0 Å². The Morgan fingerprint density at radius 3 is 2.32 bits per heavy atom. The molecule has 0 aliphatic carbocycles. The summed E-state index contributed by atoms with van der Waals surface area (Å²) in [5.74, 6) is -0.996. The molecule has 2 aromatic carbocycles. The molecule has 0 unspecified atom stereocenters. The van der Waals surface area contributed by atoms with Crippen LogP contribution in [0.1, 0.15) is 10.4 Å². The lowest BCUT2D eigenvalue weighted by Crippen LogP contribution is -2.28. The third-order valence-corrected chi connectivity index (χ3v) is 5.45. The van der Waals surface area contributed by atoms with Crippen LogP contribution in [0, 0.1) is 0 Å². The van der Waals surface area contributed by atoms with Gasteiger partial charge in [0.1, 0.15) is 16.8 Å². The second-order valence-corrected chi connectivity index (χ2v) is 6.76. The number of benzene rings is 2. The summed E-state index contributed by atoms with van der Waals surface area (Å²) in [6.45, 7) is 0. The van der Waals surface area contributed by atoms with Crippen LogP contribution in [-0.2, 0) is 14.3 Å². The smallest absolute Gasteiger partial charge is 0.343 e. The molecule has 22 heavy (non-hydrogen) atoms. The van der Waals surface area contributed by atoms with Gasteiger partial charge in [-0.05, 0) is 24.3 Å². The zero-order valence-electron chi connectivity index (χ0n) is 11.4. The lowest BCUT2D eigenvalue weighted by molar-refractivity contribution is 0.0747. The maximum absolute atomic E-state index is 12.8. The summed E-state index contributed by atoms with van der Waals surface area (Å²) in [6, 6.07) is 12.5. The highest BCUT2D eigenvalue weighted by atomic mass is 35.5. The fraction of sp³-hybridized carbons (Fsp3) is 0.0714. The second-order valence-electron chi connectivity index (χ2n) is 4.29. The molecule has 0 saturated heterocycles. The van der Waals surface area contributed by atoms with Gasteiger partial charge < -0.3 is 4.29 Å². The number of hydrogen-bond donors (Lipinski definition) is 0.